The number of hydrogen-bond donors (Lipinski definition) is 0. The number of hydrogen-bond acceptors (Lipinski definition) is 2. The molecule has 0 atom stereocenters. The zero-order valence-corrected chi connectivity index (χ0v) is 10.00. The molecule has 1 aromatic carbocycles. The molecule has 0 aliphatic rings. The first kappa shape index (κ1) is 10.8. The van der Waals surface area contributed by atoms with E-state index in [0.717, 1.165) is 16.1 Å². The Hall–Kier alpha value is -1.67. The van der Waals surface area contributed by atoms with Gasteiger partial charge in [0.05, 0.1) is 10.2 Å². The van der Waals surface area contributed by atoms with E-state index in [9.17, 15) is 0 Å². The van der Waals surface area contributed by atoms with Crippen LogP contribution in [0.4, 0.5) is 0 Å². The summed E-state index contributed by atoms with van der Waals surface area (Å²) in [6.07, 6.45) is 7.88. The molecule has 0 amide bonds. The van der Waals surface area contributed by atoms with Crippen LogP contribution in [0.1, 0.15) is 11.9 Å². The third-order valence-corrected chi connectivity index (χ3v) is 3.31. The number of allylic oxidation sites excluding steroid dienone is 5. The van der Waals surface area contributed by atoms with Crippen molar-refractivity contribution in [3.05, 3.63) is 60.2 Å². The lowest BCUT2D eigenvalue weighted by molar-refractivity contribution is 1.44. The molecule has 16 heavy (non-hydrogen) atoms. The fourth-order valence-corrected chi connectivity index (χ4v) is 2.41. The maximum Gasteiger partial charge on any atom is 0.124 e. The molecule has 0 fully saturated rings. The van der Waals surface area contributed by atoms with Crippen LogP contribution in [0, 0.1) is 0 Å². The van der Waals surface area contributed by atoms with Gasteiger partial charge in [0, 0.05) is 5.57 Å². The topological polar surface area (TPSA) is 12.9 Å². The Labute approximate surface area is 99.5 Å². The summed E-state index contributed by atoms with van der Waals surface area (Å²) in [5.41, 5.74) is 2.12. The van der Waals surface area contributed by atoms with Gasteiger partial charge in [0.25, 0.3) is 0 Å². The average molecular weight is 227 g/mol. The highest BCUT2D eigenvalue weighted by atomic mass is 32.1. The summed E-state index contributed by atoms with van der Waals surface area (Å²) in [6.45, 7) is 5.82. The van der Waals surface area contributed by atoms with Crippen LogP contribution in [0.25, 0.3) is 15.8 Å². The normalized spacial score (nSPS) is 12.4. The smallest absolute Gasteiger partial charge is 0.124 e. The van der Waals surface area contributed by atoms with Crippen molar-refractivity contribution in [3.8, 4) is 0 Å². The highest BCUT2D eigenvalue weighted by Gasteiger charge is 2.04. The van der Waals surface area contributed by atoms with Crippen molar-refractivity contribution in [1.29, 1.82) is 0 Å². The van der Waals surface area contributed by atoms with Gasteiger partial charge in [-0.05, 0) is 19.1 Å². The average Bonchev–Trinajstić information content (AvgIpc) is 2.73. The van der Waals surface area contributed by atoms with E-state index in [-0.39, 0.29) is 0 Å². The van der Waals surface area contributed by atoms with Crippen LogP contribution in [0.5, 0.6) is 0 Å². The van der Waals surface area contributed by atoms with E-state index in [2.05, 4.69) is 17.6 Å². The summed E-state index contributed by atoms with van der Waals surface area (Å²) < 4.78 is 1.21. The second-order valence-electron chi connectivity index (χ2n) is 3.34. The molecule has 0 saturated heterocycles. The van der Waals surface area contributed by atoms with Crippen molar-refractivity contribution in [2.24, 2.45) is 0 Å². The van der Waals surface area contributed by atoms with Crippen LogP contribution < -0.4 is 0 Å². The van der Waals surface area contributed by atoms with Gasteiger partial charge in [-0.25, -0.2) is 4.98 Å². The molecule has 1 aromatic heterocycles. The van der Waals surface area contributed by atoms with Crippen LogP contribution in [0.3, 0.4) is 0 Å². The lowest BCUT2D eigenvalue weighted by Gasteiger charge is -1.92. The lowest BCUT2D eigenvalue weighted by atomic mass is 10.2. The Morgan fingerprint density at radius 1 is 1.38 bits per heavy atom. The van der Waals surface area contributed by atoms with Gasteiger partial charge in [0.15, 0.2) is 0 Å². The zero-order valence-electron chi connectivity index (χ0n) is 9.18. The molecule has 1 nitrogen and oxygen atoms in total. The van der Waals surface area contributed by atoms with E-state index in [1.54, 1.807) is 11.3 Å². The summed E-state index contributed by atoms with van der Waals surface area (Å²) in [5.74, 6) is 0. The van der Waals surface area contributed by atoms with Crippen LogP contribution in [-0.2, 0) is 0 Å². The summed E-state index contributed by atoms with van der Waals surface area (Å²) >= 11 is 1.70. The summed E-state index contributed by atoms with van der Waals surface area (Å²) in [6, 6.07) is 8.17. The molecule has 0 spiro atoms. The van der Waals surface area contributed by atoms with Crippen molar-refractivity contribution in [1.82, 2.24) is 4.98 Å². The molecule has 0 bridgehead atoms. The maximum absolute atomic E-state index is 4.58. The van der Waals surface area contributed by atoms with Crippen LogP contribution >= 0.6 is 11.3 Å². The minimum absolute atomic E-state index is 1.02. The Morgan fingerprint density at radius 2 is 2.19 bits per heavy atom. The summed E-state index contributed by atoms with van der Waals surface area (Å²) in [7, 11) is 0. The Bertz CT molecular complexity index is 528. The minimum Gasteiger partial charge on any atom is -0.236 e. The number of fused-ring (bicyclic) bond motifs is 1. The van der Waals surface area contributed by atoms with Crippen LogP contribution in [0.15, 0.2) is 55.1 Å². The largest absolute Gasteiger partial charge is 0.236 e. The van der Waals surface area contributed by atoms with Gasteiger partial charge in [0.2, 0.25) is 0 Å². The second kappa shape index (κ2) is 4.90. The van der Waals surface area contributed by atoms with Gasteiger partial charge >= 0.3 is 0 Å². The molecular formula is C14H13NS. The minimum atomic E-state index is 1.02. The van der Waals surface area contributed by atoms with E-state index in [1.165, 1.54) is 4.70 Å². The Balaban J connectivity index is 2.49. The van der Waals surface area contributed by atoms with Gasteiger partial charge in [-0.3, -0.25) is 0 Å². The van der Waals surface area contributed by atoms with Crippen molar-refractivity contribution >= 4 is 27.1 Å². The molecule has 2 heteroatoms. The van der Waals surface area contributed by atoms with E-state index < -0.39 is 0 Å². The molecule has 1 heterocycles. The lowest BCUT2D eigenvalue weighted by Crippen LogP contribution is -1.76. The molecule has 0 aliphatic carbocycles. The molecule has 0 aliphatic heterocycles. The first-order valence-corrected chi connectivity index (χ1v) is 5.98. The molecule has 0 saturated carbocycles. The number of rotatable bonds is 3. The first-order valence-electron chi connectivity index (χ1n) is 5.16. The predicted octanol–water partition coefficient (Wildman–Crippen LogP) is 4.44. The van der Waals surface area contributed by atoms with Crippen LogP contribution in [-0.4, -0.2) is 4.98 Å². The van der Waals surface area contributed by atoms with Gasteiger partial charge < -0.3 is 0 Å². The zero-order chi connectivity index (χ0) is 11.4. The Morgan fingerprint density at radius 3 is 2.88 bits per heavy atom. The fraction of sp³-hybridized carbons (Fsp3) is 0.0714. The van der Waals surface area contributed by atoms with Crippen LogP contribution in [0.2, 0.25) is 0 Å². The van der Waals surface area contributed by atoms with E-state index in [1.807, 2.05) is 49.4 Å². The molecule has 0 unspecified atom stereocenters. The standard InChI is InChI=1S/C14H13NS/c1-3-5-8-11(4-2)14-15-12-9-6-7-10-13(12)16-14/h3-10H,2H2,1H3/b5-3-,11-8+. The molecule has 2 rings (SSSR count). The van der Waals surface area contributed by atoms with Crippen molar-refractivity contribution in [2.75, 3.05) is 0 Å². The number of aromatic nitrogens is 1. The highest BCUT2D eigenvalue weighted by Crippen LogP contribution is 2.27. The molecule has 0 N–H and O–H groups in total. The molecule has 0 radical (unpaired) electrons. The van der Waals surface area contributed by atoms with Gasteiger partial charge in [-0.1, -0.05) is 43.0 Å². The fourth-order valence-electron chi connectivity index (χ4n) is 1.42. The van der Waals surface area contributed by atoms with Gasteiger partial charge in [-0.2, -0.15) is 0 Å². The number of para-hydroxylation sites is 1. The maximum atomic E-state index is 4.58. The van der Waals surface area contributed by atoms with E-state index in [4.69, 9.17) is 0 Å². The molecular weight excluding hydrogens is 214 g/mol. The predicted molar refractivity (Wildman–Crippen MR) is 72.6 cm³/mol. The van der Waals surface area contributed by atoms with Gasteiger partial charge in [-0.15, -0.1) is 11.3 Å². The number of benzene rings is 1. The van der Waals surface area contributed by atoms with Crippen molar-refractivity contribution < 1.29 is 0 Å². The second-order valence-corrected chi connectivity index (χ2v) is 4.37. The quantitative estimate of drug-likeness (QED) is 0.706. The monoisotopic (exact) mass is 227 g/mol. The number of thiazole rings is 1. The highest BCUT2D eigenvalue weighted by molar-refractivity contribution is 7.19. The number of nitrogens with zero attached hydrogens (tertiary/aromatic N) is 1. The van der Waals surface area contributed by atoms with Crippen molar-refractivity contribution in [3.63, 3.8) is 0 Å². The van der Waals surface area contributed by atoms with E-state index >= 15 is 0 Å². The SMILES string of the molecule is C=C/C(=C\C=C/C)c1nc2ccccc2s1. The third-order valence-electron chi connectivity index (χ3n) is 2.23. The third kappa shape index (κ3) is 2.12. The summed E-state index contributed by atoms with van der Waals surface area (Å²) in [5, 5.41) is 1.02. The summed E-state index contributed by atoms with van der Waals surface area (Å²) in [4.78, 5) is 4.58. The first-order chi connectivity index (χ1) is 7.85. The van der Waals surface area contributed by atoms with Crippen molar-refractivity contribution in [2.45, 2.75) is 6.92 Å². The molecule has 80 valence electrons. The van der Waals surface area contributed by atoms with Gasteiger partial charge in [0.1, 0.15) is 5.01 Å². The molecule has 2 aromatic rings. The van der Waals surface area contributed by atoms with E-state index in [0.29, 0.717) is 0 Å². The Kier molecular flexibility index (Phi) is 3.32.